The molecule has 0 fully saturated rings. The lowest BCUT2D eigenvalue weighted by Gasteiger charge is -2.25. The lowest BCUT2D eigenvalue weighted by Crippen LogP contribution is -2.32. The van der Waals surface area contributed by atoms with Crippen LogP contribution in [0.2, 0.25) is 0 Å². The fraction of sp³-hybridized carbons (Fsp3) is 0.235. The highest BCUT2D eigenvalue weighted by atomic mass is 16.2. The first kappa shape index (κ1) is 11.5. The van der Waals surface area contributed by atoms with Crippen LogP contribution in [0.5, 0.6) is 0 Å². The molecule has 2 aromatic carbocycles. The molecule has 2 N–H and O–H groups in total. The van der Waals surface area contributed by atoms with E-state index in [-0.39, 0.29) is 5.91 Å². The molecule has 0 spiro atoms. The van der Waals surface area contributed by atoms with Gasteiger partial charge in [0.05, 0.1) is 5.69 Å². The van der Waals surface area contributed by atoms with Crippen LogP contribution in [0.25, 0.3) is 11.1 Å². The summed E-state index contributed by atoms with van der Waals surface area (Å²) in [7, 11) is 0. The molecule has 0 aliphatic carbocycles. The molecule has 2 aromatic rings. The molecule has 0 bridgehead atoms. The Labute approximate surface area is 118 Å². The Morgan fingerprint density at radius 3 is 2.35 bits per heavy atom. The van der Waals surface area contributed by atoms with Crippen LogP contribution >= 0.6 is 0 Å². The molecule has 2 heterocycles. The average molecular weight is 264 g/mol. The van der Waals surface area contributed by atoms with Gasteiger partial charge in [0, 0.05) is 18.7 Å². The second kappa shape index (κ2) is 4.10. The lowest BCUT2D eigenvalue weighted by molar-refractivity contribution is -0.118. The molecule has 0 atom stereocenters. The van der Waals surface area contributed by atoms with E-state index in [4.69, 9.17) is 5.73 Å². The number of amides is 1. The van der Waals surface area contributed by atoms with E-state index in [1.807, 2.05) is 17.0 Å². The number of hydrogen-bond acceptors (Lipinski definition) is 2. The van der Waals surface area contributed by atoms with E-state index in [0.717, 1.165) is 25.1 Å². The van der Waals surface area contributed by atoms with Crippen molar-refractivity contribution in [3.8, 4) is 11.1 Å². The SMILES string of the molecule is Nc1ccc(-c2cc3c4c(c2)CCN4C(=O)CC3)cc1. The Hall–Kier alpha value is -2.29. The van der Waals surface area contributed by atoms with Gasteiger partial charge in [0.25, 0.3) is 0 Å². The highest BCUT2D eigenvalue weighted by Crippen LogP contribution is 2.39. The summed E-state index contributed by atoms with van der Waals surface area (Å²) in [6.07, 6.45) is 2.47. The van der Waals surface area contributed by atoms with Crippen molar-refractivity contribution in [3.63, 3.8) is 0 Å². The molecular formula is C17H16N2O. The Bertz CT molecular complexity index is 704. The summed E-state index contributed by atoms with van der Waals surface area (Å²) in [5.74, 6) is 0.275. The first-order valence-electron chi connectivity index (χ1n) is 7.04. The van der Waals surface area contributed by atoms with Crippen molar-refractivity contribution in [2.75, 3.05) is 17.2 Å². The number of nitrogens with two attached hydrogens (primary N) is 1. The maximum absolute atomic E-state index is 11.9. The Kier molecular flexibility index (Phi) is 2.36. The summed E-state index contributed by atoms with van der Waals surface area (Å²) in [5, 5.41) is 0. The van der Waals surface area contributed by atoms with E-state index in [9.17, 15) is 4.79 Å². The van der Waals surface area contributed by atoms with E-state index >= 15 is 0 Å². The van der Waals surface area contributed by atoms with E-state index in [2.05, 4.69) is 24.3 Å². The van der Waals surface area contributed by atoms with Crippen LogP contribution in [0.3, 0.4) is 0 Å². The Morgan fingerprint density at radius 1 is 0.900 bits per heavy atom. The van der Waals surface area contributed by atoms with Gasteiger partial charge < -0.3 is 10.6 Å². The average Bonchev–Trinajstić information content (AvgIpc) is 2.89. The molecule has 20 heavy (non-hydrogen) atoms. The number of rotatable bonds is 1. The minimum atomic E-state index is 0.275. The van der Waals surface area contributed by atoms with Crippen LogP contribution in [0.4, 0.5) is 11.4 Å². The molecule has 0 saturated carbocycles. The molecule has 3 heteroatoms. The largest absolute Gasteiger partial charge is 0.399 e. The lowest BCUT2D eigenvalue weighted by atomic mass is 9.94. The molecule has 0 saturated heterocycles. The quantitative estimate of drug-likeness (QED) is 0.805. The topological polar surface area (TPSA) is 46.3 Å². The summed E-state index contributed by atoms with van der Waals surface area (Å²) >= 11 is 0. The van der Waals surface area contributed by atoms with Gasteiger partial charge >= 0.3 is 0 Å². The summed E-state index contributed by atoms with van der Waals surface area (Å²) in [6, 6.07) is 12.4. The minimum absolute atomic E-state index is 0.275. The third-order valence-electron chi connectivity index (χ3n) is 4.30. The fourth-order valence-corrected chi connectivity index (χ4v) is 3.30. The first-order valence-corrected chi connectivity index (χ1v) is 7.04. The zero-order valence-electron chi connectivity index (χ0n) is 11.2. The molecule has 0 radical (unpaired) electrons. The summed E-state index contributed by atoms with van der Waals surface area (Å²) < 4.78 is 0. The van der Waals surface area contributed by atoms with Crippen LogP contribution in [-0.4, -0.2) is 12.5 Å². The van der Waals surface area contributed by atoms with Crippen LogP contribution < -0.4 is 10.6 Å². The van der Waals surface area contributed by atoms with Gasteiger partial charge in [0.1, 0.15) is 0 Å². The van der Waals surface area contributed by atoms with E-state index in [1.165, 1.54) is 27.9 Å². The Morgan fingerprint density at radius 2 is 1.60 bits per heavy atom. The maximum atomic E-state index is 11.9. The number of benzene rings is 2. The monoisotopic (exact) mass is 264 g/mol. The smallest absolute Gasteiger partial charge is 0.227 e. The fourth-order valence-electron chi connectivity index (χ4n) is 3.30. The van der Waals surface area contributed by atoms with Gasteiger partial charge in [0.15, 0.2) is 0 Å². The second-order valence-corrected chi connectivity index (χ2v) is 5.56. The summed E-state index contributed by atoms with van der Waals surface area (Å²) in [6.45, 7) is 0.840. The van der Waals surface area contributed by atoms with Crippen LogP contribution in [0.1, 0.15) is 17.5 Å². The molecule has 2 aliphatic rings. The highest BCUT2D eigenvalue weighted by Gasteiger charge is 2.31. The third-order valence-corrected chi connectivity index (χ3v) is 4.30. The van der Waals surface area contributed by atoms with Crippen molar-refractivity contribution in [2.45, 2.75) is 19.3 Å². The first-order chi connectivity index (χ1) is 9.72. The predicted molar refractivity (Wildman–Crippen MR) is 80.7 cm³/mol. The molecule has 2 aliphatic heterocycles. The van der Waals surface area contributed by atoms with Crippen LogP contribution in [-0.2, 0) is 17.6 Å². The zero-order valence-corrected chi connectivity index (χ0v) is 11.2. The molecule has 3 nitrogen and oxygen atoms in total. The van der Waals surface area contributed by atoms with Crippen molar-refractivity contribution in [1.82, 2.24) is 0 Å². The van der Waals surface area contributed by atoms with Crippen molar-refractivity contribution < 1.29 is 4.79 Å². The molecular weight excluding hydrogens is 248 g/mol. The van der Waals surface area contributed by atoms with E-state index in [1.54, 1.807) is 0 Å². The molecule has 0 unspecified atom stereocenters. The standard InChI is InChI=1S/C17H16N2O/c18-15-4-1-11(2-5-15)14-9-12-3-6-16(20)19-8-7-13(10-14)17(12)19/h1-2,4-5,9-10H,3,6-8,18H2. The second-order valence-electron chi connectivity index (χ2n) is 5.56. The van der Waals surface area contributed by atoms with Gasteiger partial charge in [-0.15, -0.1) is 0 Å². The van der Waals surface area contributed by atoms with Crippen molar-refractivity contribution in [1.29, 1.82) is 0 Å². The van der Waals surface area contributed by atoms with Gasteiger partial charge in [-0.3, -0.25) is 4.79 Å². The van der Waals surface area contributed by atoms with Crippen molar-refractivity contribution in [3.05, 3.63) is 47.5 Å². The highest BCUT2D eigenvalue weighted by molar-refractivity contribution is 5.99. The Balaban J connectivity index is 1.85. The normalized spacial score (nSPS) is 16.4. The van der Waals surface area contributed by atoms with Gasteiger partial charge in [-0.05, 0) is 59.4 Å². The molecule has 0 aromatic heterocycles. The number of carbonyl (C=O) groups is 1. The van der Waals surface area contributed by atoms with Crippen molar-refractivity contribution in [2.24, 2.45) is 0 Å². The zero-order chi connectivity index (χ0) is 13.7. The minimum Gasteiger partial charge on any atom is -0.399 e. The number of carbonyl (C=O) groups excluding carboxylic acids is 1. The summed E-state index contributed by atoms with van der Waals surface area (Å²) in [4.78, 5) is 13.9. The van der Waals surface area contributed by atoms with Crippen LogP contribution in [0.15, 0.2) is 36.4 Å². The van der Waals surface area contributed by atoms with Gasteiger partial charge in [-0.2, -0.15) is 0 Å². The molecule has 100 valence electrons. The van der Waals surface area contributed by atoms with E-state index in [0.29, 0.717) is 6.42 Å². The summed E-state index contributed by atoms with van der Waals surface area (Å²) in [5.41, 5.74) is 12.8. The van der Waals surface area contributed by atoms with E-state index < -0.39 is 0 Å². The van der Waals surface area contributed by atoms with Crippen LogP contribution in [0, 0.1) is 0 Å². The molecule has 1 amide bonds. The molecule has 4 rings (SSSR count). The van der Waals surface area contributed by atoms with Gasteiger partial charge in [-0.1, -0.05) is 12.1 Å². The number of aryl methyl sites for hydroxylation is 1. The predicted octanol–water partition coefficient (Wildman–Crippen LogP) is 2.77. The third kappa shape index (κ3) is 1.63. The van der Waals surface area contributed by atoms with Crippen molar-refractivity contribution >= 4 is 17.3 Å². The number of nitrogens with zero attached hydrogens (tertiary/aromatic N) is 1. The maximum Gasteiger partial charge on any atom is 0.227 e. The number of anilines is 2. The number of hydrogen-bond donors (Lipinski definition) is 1. The van der Waals surface area contributed by atoms with Gasteiger partial charge in [-0.25, -0.2) is 0 Å². The van der Waals surface area contributed by atoms with Gasteiger partial charge in [0.2, 0.25) is 5.91 Å². The number of nitrogen functional groups attached to an aromatic ring is 1.